The van der Waals surface area contributed by atoms with Gasteiger partial charge in [0.15, 0.2) is 0 Å². The molecule has 0 saturated heterocycles. The molecule has 1 aromatic rings. The van der Waals surface area contributed by atoms with Crippen LogP contribution in [0.15, 0.2) is 34.7 Å². The van der Waals surface area contributed by atoms with Gasteiger partial charge in [0.05, 0.1) is 12.6 Å². The minimum Gasteiger partial charge on any atom is -0.264 e. The average molecular weight is 161 g/mol. The van der Waals surface area contributed by atoms with Gasteiger partial charge in [0.25, 0.3) is 5.84 Å². The minimum absolute atomic E-state index is 0.920. The Morgan fingerprint density at radius 2 is 2.33 bits per heavy atom. The molecule has 0 spiro atoms. The summed E-state index contributed by atoms with van der Waals surface area (Å²) in [7, 11) is 1.99. The third-order valence-electron chi connectivity index (χ3n) is 1.72. The van der Waals surface area contributed by atoms with Crippen molar-refractivity contribution >= 4 is 12.2 Å². The first kappa shape index (κ1) is 7.12. The molecule has 12 heavy (non-hydrogen) atoms. The van der Waals surface area contributed by atoms with Crippen LogP contribution in [0.25, 0.3) is 0 Å². The molecule has 2 heterocycles. The van der Waals surface area contributed by atoms with Gasteiger partial charge in [-0.2, -0.15) is 0 Å². The lowest BCUT2D eigenvalue weighted by molar-refractivity contribution is -0.662. The Balaban J connectivity index is 2.34. The number of hydrogen-bond acceptors (Lipinski definition) is 3. The van der Waals surface area contributed by atoms with Crippen LogP contribution in [-0.4, -0.2) is 24.2 Å². The molecule has 0 aliphatic carbocycles. The molecule has 1 aliphatic heterocycles. The molecule has 0 amide bonds. The highest BCUT2D eigenvalue weighted by molar-refractivity contribution is 5.96. The Morgan fingerprint density at radius 1 is 1.42 bits per heavy atom. The molecule has 1 atom stereocenters. The van der Waals surface area contributed by atoms with Gasteiger partial charge in [0.2, 0.25) is 6.34 Å². The van der Waals surface area contributed by atoms with Crippen molar-refractivity contribution in [2.24, 2.45) is 10.2 Å². The lowest BCUT2D eigenvalue weighted by Crippen LogP contribution is -3.09. The maximum absolute atomic E-state index is 4.01. The highest BCUT2D eigenvalue weighted by Crippen LogP contribution is 1.95. The van der Waals surface area contributed by atoms with Crippen LogP contribution in [0.1, 0.15) is 5.56 Å². The fraction of sp³-hybridized carbons (Fsp3) is 0.125. The number of quaternary nitrogens is 1. The Hall–Kier alpha value is -1.55. The van der Waals surface area contributed by atoms with Gasteiger partial charge in [-0.1, -0.05) is 10.2 Å². The van der Waals surface area contributed by atoms with E-state index in [2.05, 4.69) is 15.2 Å². The molecule has 1 aliphatic rings. The van der Waals surface area contributed by atoms with Crippen LogP contribution in [0.4, 0.5) is 0 Å². The second-order valence-corrected chi connectivity index (χ2v) is 2.62. The van der Waals surface area contributed by atoms with E-state index in [9.17, 15) is 0 Å². The van der Waals surface area contributed by atoms with Crippen molar-refractivity contribution in [2.75, 3.05) is 7.05 Å². The minimum atomic E-state index is 0.920. The number of nitrogens with zero attached hydrogens (tertiary/aromatic N) is 3. The molecule has 0 saturated carbocycles. The van der Waals surface area contributed by atoms with Crippen molar-refractivity contribution in [3.8, 4) is 0 Å². The summed E-state index contributed by atoms with van der Waals surface area (Å²) in [5.41, 5.74) is 1.02. The zero-order chi connectivity index (χ0) is 8.39. The Kier molecular flexibility index (Phi) is 1.68. The van der Waals surface area contributed by atoms with Crippen LogP contribution in [0, 0.1) is 0 Å². The van der Waals surface area contributed by atoms with Crippen LogP contribution in [0.2, 0.25) is 0 Å². The predicted molar refractivity (Wildman–Crippen MR) is 46.2 cm³/mol. The van der Waals surface area contributed by atoms with Crippen LogP contribution in [0.5, 0.6) is 0 Å². The molecule has 0 fully saturated rings. The Bertz CT molecular complexity index is 328. The van der Waals surface area contributed by atoms with Gasteiger partial charge in [0.1, 0.15) is 0 Å². The maximum atomic E-state index is 4.01. The van der Waals surface area contributed by atoms with E-state index < -0.39 is 0 Å². The first-order chi connectivity index (χ1) is 5.88. The molecule has 60 valence electrons. The van der Waals surface area contributed by atoms with Crippen LogP contribution in [0.3, 0.4) is 0 Å². The summed E-state index contributed by atoms with van der Waals surface area (Å²) in [4.78, 5) is 5.10. The molecular formula is C8H9N4+. The second kappa shape index (κ2) is 2.83. The van der Waals surface area contributed by atoms with Crippen molar-refractivity contribution in [1.82, 2.24) is 4.98 Å². The van der Waals surface area contributed by atoms with E-state index in [4.69, 9.17) is 0 Å². The van der Waals surface area contributed by atoms with E-state index in [1.807, 2.05) is 19.2 Å². The second-order valence-electron chi connectivity index (χ2n) is 2.62. The van der Waals surface area contributed by atoms with E-state index in [0.717, 1.165) is 16.3 Å². The van der Waals surface area contributed by atoms with Crippen molar-refractivity contribution in [2.45, 2.75) is 0 Å². The first-order valence-corrected chi connectivity index (χ1v) is 3.73. The summed E-state index contributed by atoms with van der Waals surface area (Å²) in [6, 6.07) is 3.87. The van der Waals surface area contributed by atoms with Gasteiger partial charge >= 0.3 is 0 Å². The normalized spacial score (nSPS) is 21.1. The monoisotopic (exact) mass is 161 g/mol. The van der Waals surface area contributed by atoms with E-state index in [1.54, 1.807) is 18.7 Å². The summed E-state index contributed by atoms with van der Waals surface area (Å²) in [6.07, 6.45) is 5.29. The zero-order valence-electron chi connectivity index (χ0n) is 6.73. The SMILES string of the molecule is C[NH+]1C=NN=C1c1cccnc1. The molecule has 1 N–H and O–H groups in total. The summed E-state index contributed by atoms with van der Waals surface area (Å²) < 4.78 is 0. The standard InChI is InChI=1S/C8H8N4/c1-12-6-10-11-8(12)7-3-2-4-9-5-7/h2-6H,1H3/p+1. The molecular weight excluding hydrogens is 152 g/mol. The molecule has 4 nitrogen and oxygen atoms in total. The molecule has 4 heteroatoms. The lowest BCUT2D eigenvalue weighted by atomic mass is 10.2. The average Bonchev–Trinajstić information content (AvgIpc) is 2.53. The smallest absolute Gasteiger partial charge is 0.260 e. The fourth-order valence-electron chi connectivity index (χ4n) is 1.10. The van der Waals surface area contributed by atoms with E-state index >= 15 is 0 Å². The fourth-order valence-corrected chi connectivity index (χ4v) is 1.10. The molecule has 0 radical (unpaired) electrons. The van der Waals surface area contributed by atoms with Crippen molar-refractivity contribution in [1.29, 1.82) is 0 Å². The summed E-state index contributed by atoms with van der Waals surface area (Å²) in [5.74, 6) is 0.920. The van der Waals surface area contributed by atoms with Gasteiger partial charge in [-0.25, -0.2) is 4.90 Å². The maximum Gasteiger partial charge on any atom is 0.260 e. The number of aromatic nitrogens is 1. The Labute approximate surface area is 70.3 Å². The van der Waals surface area contributed by atoms with Gasteiger partial charge in [-0.05, 0) is 12.1 Å². The predicted octanol–water partition coefficient (Wildman–Crippen LogP) is -0.700. The number of nitrogens with one attached hydrogen (secondary N) is 1. The van der Waals surface area contributed by atoms with Crippen molar-refractivity contribution in [3.05, 3.63) is 30.1 Å². The Morgan fingerprint density at radius 3 is 2.92 bits per heavy atom. The summed E-state index contributed by atoms with van der Waals surface area (Å²) >= 11 is 0. The highest BCUT2D eigenvalue weighted by atomic mass is 15.4. The molecule has 1 unspecified atom stereocenters. The summed E-state index contributed by atoms with van der Waals surface area (Å²) in [5, 5.41) is 7.82. The summed E-state index contributed by atoms with van der Waals surface area (Å²) in [6.45, 7) is 0. The number of rotatable bonds is 1. The van der Waals surface area contributed by atoms with Crippen LogP contribution in [-0.2, 0) is 0 Å². The van der Waals surface area contributed by atoms with E-state index in [1.165, 1.54) is 0 Å². The van der Waals surface area contributed by atoms with Gasteiger partial charge in [-0.15, -0.1) is 0 Å². The van der Waals surface area contributed by atoms with Gasteiger partial charge in [0, 0.05) is 12.4 Å². The topological polar surface area (TPSA) is 42.0 Å². The number of hydrogen-bond donors (Lipinski definition) is 1. The van der Waals surface area contributed by atoms with Crippen molar-refractivity contribution < 1.29 is 4.90 Å². The van der Waals surface area contributed by atoms with Crippen LogP contribution < -0.4 is 4.90 Å². The first-order valence-electron chi connectivity index (χ1n) is 3.73. The molecule has 0 bridgehead atoms. The van der Waals surface area contributed by atoms with Gasteiger partial charge in [-0.3, -0.25) is 4.98 Å². The number of amidine groups is 1. The molecule has 1 aromatic heterocycles. The molecule has 0 aromatic carbocycles. The lowest BCUT2D eigenvalue weighted by Gasteiger charge is -2.02. The van der Waals surface area contributed by atoms with E-state index in [0.29, 0.717) is 0 Å². The number of pyridine rings is 1. The van der Waals surface area contributed by atoms with E-state index in [-0.39, 0.29) is 0 Å². The quantitative estimate of drug-likeness (QED) is 0.581. The highest BCUT2D eigenvalue weighted by Gasteiger charge is 2.17. The van der Waals surface area contributed by atoms with Crippen LogP contribution >= 0.6 is 0 Å². The third kappa shape index (κ3) is 1.12. The largest absolute Gasteiger partial charge is 0.264 e. The molecule has 2 rings (SSSR count). The zero-order valence-corrected chi connectivity index (χ0v) is 6.73. The van der Waals surface area contributed by atoms with Gasteiger partial charge < -0.3 is 0 Å². The third-order valence-corrected chi connectivity index (χ3v) is 1.72. The van der Waals surface area contributed by atoms with Crippen molar-refractivity contribution in [3.63, 3.8) is 0 Å².